The number of carbonyl (C=O) groups excluding carboxylic acids is 1. The van der Waals surface area contributed by atoms with Crippen molar-refractivity contribution in [2.45, 2.75) is 37.2 Å². The van der Waals surface area contributed by atoms with Crippen molar-refractivity contribution in [3.05, 3.63) is 54.4 Å². The summed E-state index contributed by atoms with van der Waals surface area (Å²) in [5.41, 5.74) is 3.95. The highest BCUT2D eigenvalue weighted by Crippen LogP contribution is 2.49. The number of para-hydroxylation sites is 1. The molecule has 0 radical (unpaired) electrons. The molecule has 2 aromatic rings. The lowest BCUT2D eigenvalue weighted by Crippen LogP contribution is -2.49. The Kier molecular flexibility index (Phi) is 4.12. The van der Waals surface area contributed by atoms with Gasteiger partial charge in [0, 0.05) is 43.5 Å². The summed E-state index contributed by atoms with van der Waals surface area (Å²) < 4.78 is 5.61. The van der Waals surface area contributed by atoms with Crippen molar-refractivity contribution in [3.8, 4) is 0 Å². The summed E-state index contributed by atoms with van der Waals surface area (Å²) in [6.45, 7) is 3.31. The van der Waals surface area contributed by atoms with Gasteiger partial charge in [0.2, 0.25) is 0 Å². The zero-order valence-electron chi connectivity index (χ0n) is 15.5. The van der Waals surface area contributed by atoms with Crippen LogP contribution in [-0.4, -0.2) is 48.1 Å². The van der Waals surface area contributed by atoms with E-state index in [0.29, 0.717) is 0 Å². The van der Waals surface area contributed by atoms with Gasteiger partial charge in [0.15, 0.2) is 0 Å². The van der Waals surface area contributed by atoms with E-state index in [1.54, 1.807) is 0 Å². The average Bonchev–Trinajstić information content (AvgIpc) is 3.37. The Labute approximate surface area is 159 Å². The third kappa shape index (κ3) is 2.81. The summed E-state index contributed by atoms with van der Waals surface area (Å²) in [5, 5.41) is 0. The van der Waals surface area contributed by atoms with Gasteiger partial charge >= 0.3 is 0 Å². The number of hydrogen-bond donors (Lipinski definition) is 0. The number of rotatable bonds is 2. The molecule has 2 fully saturated rings. The van der Waals surface area contributed by atoms with Crippen LogP contribution in [0.5, 0.6) is 0 Å². The van der Waals surface area contributed by atoms with Crippen LogP contribution in [0.4, 0.5) is 11.4 Å². The second kappa shape index (κ2) is 6.64. The number of fused-ring (bicyclic) bond motifs is 2. The van der Waals surface area contributed by atoms with Crippen molar-refractivity contribution in [2.75, 3.05) is 31.1 Å². The lowest BCUT2D eigenvalue weighted by Gasteiger charge is -2.40. The van der Waals surface area contributed by atoms with Crippen LogP contribution in [0.15, 0.2) is 48.8 Å². The minimum atomic E-state index is -0.207. The molecular weight excluding hydrogens is 338 g/mol. The quantitative estimate of drug-likeness (QED) is 0.822. The number of likely N-dealkylation sites (tertiary alicyclic amines) is 1. The van der Waals surface area contributed by atoms with Gasteiger partial charge in [-0.2, -0.15) is 0 Å². The van der Waals surface area contributed by atoms with Crippen molar-refractivity contribution in [1.82, 2.24) is 9.88 Å². The van der Waals surface area contributed by atoms with Gasteiger partial charge < -0.3 is 14.5 Å². The van der Waals surface area contributed by atoms with Gasteiger partial charge in [0.1, 0.15) is 6.10 Å². The Bertz CT molecular complexity index is 824. The van der Waals surface area contributed by atoms with Gasteiger partial charge in [-0.1, -0.05) is 18.2 Å². The first-order valence-electron chi connectivity index (χ1n) is 9.94. The van der Waals surface area contributed by atoms with Crippen molar-refractivity contribution >= 4 is 17.3 Å². The van der Waals surface area contributed by atoms with Gasteiger partial charge in [0.25, 0.3) is 5.91 Å². The van der Waals surface area contributed by atoms with Crippen molar-refractivity contribution in [3.63, 3.8) is 0 Å². The van der Waals surface area contributed by atoms with Crippen LogP contribution < -0.4 is 4.90 Å². The van der Waals surface area contributed by atoms with Gasteiger partial charge in [-0.25, -0.2) is 0 Å². The molecule has 0 saturated carbocycles. The molecule has 0 unspecified atom stereocenters. The van der Waals surface area contributed by atoms with Crippen LogP contribution in [0.25, 0.3) is 0 Å². The fraction of sp³-hybridized carbons (Fsp3) is 0.455. The molecule has 1 aromatic carbocycles. The summed E-state index contributed by atoms with van der Waals surface area (Å²) >= 11 is 0. The number of aromatic nitrogens is 1. The average molecular weight is 363 g/mol. The van der Waals surface area contributed by atoms with E-state index in [-0.39, 0.29) is 17.4 Å². The number of carbonyl (C=O) groups is 1. The molecule has 1 atom stereocenters. The number of pyridine rings is 1. The Hall–Kier alpha value is -2.40. The second-order valence-corrected chi connectivity index (χ2v) is 7.92. The van der Waals surface area contributed by atoms with Gasteiger partial charge in [0.05, 0.1) is 11.9 Å². The van der Waals surface area contributed by atoms with Gasteiger partial charge in [-0.15, -0.1) is 0 Å². The van der Waals surface area contributed by atoms with Crippen LogP contribution in [0, 0.1) is 0 Å². The molecule has 1 amide bonds. The zero-order valence-corrected chi connectivity index (χ0v) is 15.5. The Balaban J connectivity index is 1.39. The van der Waals surface area contributed by atoms with E-state index in [1.165, 1.54) is 11.3 Å². The molecule has 1 aromatic heterocycles. The second-order valence-electron chi connectivity index (χ2n) is 7.92. The Morgan fingerprint density at radius 3 is 2.74 bits per heavy atom. The summed E-state index contributed by atoms with van der Waals surface area (Å²) in [6, 6.07) is 12.8. The number of hydrogen-bond acceptors (Lipinski definition) is 4. The SMILES string of the molecule is O=C([C@@H]1CCCO1)N1CCC2(CC1)CN(c1cccnc1)c1ccccc12. The normalized spacial score (nSPS) is 23.6. The third-order valence-corrected chi connectivity index (χ3v) is 6.42. The van der Waals surface area contributed by atoms with Crippen molar-refractivity contribution in [2.24, 2.45) is 0 Å². The number of amides is 1. The molecule has 0 bridgehead atoms. The fourth-order valence-corrected chi connectivity index (χ4v) is 4.93. The van der Waals surface area contributed by atoms with Crippen LogP contribution in [0.2, 0.25) is 0 Å². The monoisotopic (exact) mass is 363 g/mol. The highest BCUT2D eigenvalue weighted by Gasteiger charge is 2.46. The van der Waals surface area contributed by atoms with Crippen LogP contribution in [-0.2, 0) is 14.9 Å². The topological polar surface area (TPSA) is 45.7 Å². The first-order chi connectivity index (χ1) is 13.3. The number of anilines is 2. The lowest BCUT2D eigenvalue weighted by molar-refractivity contribution is -0.142. The first kappa shape index (κ1) is 16.8. The summed E-state index contributed by atoms with van der Waals surface area (Å²) in [4.78, 5) is 21.4. The van der Waals surface area contributed by atoms with E-state index in [9.17, 15) is 4.79 Å². The smallest absolute Gasteiger partial charge is 0.251 e. The van der Waals surface area contributed by atoms with E-state index in [1.807, 2.05) is 23.4 Å². The maximum atomic E-state index is 12.7. The number of piperidine rings is 1. The zero-order chi connectivity index (χ0) is 18.3. The molecule has 5 nitrogen and oxygen atoms in total. The number of nitrogens with zero attached hydrogens (tertiary/aromatic N) is 3. The van der Waals surface area contributed by atoms with Crippen LogP contribution >= 0.6 is 0 Å². The summed E-state index contributed by atoms with van der Waals surface area (Å²) in [7, 11) is 0. The molecule has 4 heterocycles. The first-order valence-corrected chi connectivity index (χ1v) is 9.94. The molecule has 27 heavy (non-hydrogen) atoms. The molecule has 5 rings (SSSR count). The molecule has 0 N–H and O–H groups in total. The predicted octanol–water partition coefficient (Wildman–Crippen LogP) is 3.27. The molecule has 0 aliphatic carbocycles. The van der Waals surface area contributed by atoms with Crippen LogP contribution in [0.1, 0.15) is 31.2 Å². The van der Waals surface area contributed by atoms with E-state index >= 15 is 0 Å². The highest BCUT2D eigenvalue weighted by molar-refractivity contribution is 5.81. The predicted molar refractivity (Wildman–Crippen MR) is 104 cm³/mol. The molecule has 1 spiro atoms. The molecule has 3 aliphatic heterocycles. The molecule has 5 heteroatoms. The minimum Gasteiger partial charge on any atom is -0.368 e. The Morgan fingerprint density at radius 2 is 2.00 bits per heavy atom. The standard InChI is InChI=1S/C22H25N3O2/c26-21(20-8-4-14-27-20)24-12-9-22(10-13-24)16-25(17-5-3-11-23-15-17)19-7-2-1-6-18(19)22/h1-3,5-7,11,15,20H,4,8-10,12-14,16H2/t20-/m0/s1. The highest BCUT2D eigenvalue weighted by atomic mass is 16.5. The summed E-state index contributed by atoms with van der Waals surface area (Å²) in [5.74, 6) is 0.192. The maximum absolute atomic E-state index is 12.7. The lowest BCUT2D eigenvalue weighted by atomic mass is 9.74. The van der Waals surface area contributed by atoms with Crippen molar-refractivity contribution in [1.29, 1.82) is 0 Å². The number of ether oxygens (including phenoxy) is 1. The molecule has 2 saturated heterocycles. The van der Waals surface area contributed by atoms with E-state index < -0.39 is 0 Å². The molecule has 3 aliphatic rings. The fourth-order valence-electron chi connectivity index (χ4n) is 4.93. The van der Waals surface area contributed by atoms with Crippen LogP contribution in [0.3, 0.4) is 0 Å². The van der Waals surface area contributed by atoms with Gasteiger partial charge in [-0.05, 0) is 49.4 Å². The van der Waals surface area contributed by atoms with Gasteiger partial charge in [-0.3, -0.25) is 9.78 Å². The minimum absolute atomic E-state index is 0.111. The summed E-state index contributed by atoms with van der Waals surface area (Å²) in [6.07, 6.45) is 7.42. The van der Waals surface area contributed by atoms with Crippen molar-refractivity contribution < 1.29 is 9.53 Å². The third-order valence-electron chi connectivity index (χ3n) is 6.42. The maximum Gasteiger partial charge on any atom is 0.251 e. The Morgan fingerprint density at radius 1 is 1.15 bits per heavy atom. The van der Waals surface area contributed by atoms with E-state index in [2.05, 4.69) is 40.2 Å². The number of benzene rings is 1. The molecular formula is C22H25N3O2. The largest absolute Gasteiger partial charge is 0.368 e. The van der Waals surface area contributed by atoms with E-state index in [4.69, 9.17) is 4.74 Å². The van der Waals surface area contributed by atoms with E-state index in [0.717, 1.165) is 57.6 Å². The molecule has 140 valence electrons.